The molecule has 0 aliphatic carbocycles. The molecule has 0 fully saturated rings. The number of hydrogen-bond donors (Lipinski definition) is 3. The van der Waals surface area contributed by atoms with Crippen LogP contribution in [0, 0.1) is 11.3 Å². The second kappa shape index (κ2) is 8.22. The van der Waals surface area contributed by atoms with Crippen LogP contribution in [-0.4, -0.2) is 40.8 Å². The van der Waals surface area contributed by atoms with E-state index in [2.05, 4.69) is 6.58 Å². The van der Waals surface area contributed by atoms with Crippen LogP contribution >= 0.6 is 0 Å². The topological polar surface area (TPSA) is 87.0 Å². The Balaban J connectivity index is 0. The quantitative estimate of drug-likeness (QED) is 0.503. The summed E-state index contributed by atoms with van der Waals surface area (Å²) in [6, 6.07) is 0. The van der Waals surface area contributed by atoms with Gasteiger partial charge in [0, 0.05) is 18.6 Å². The first-order chi connectivity index (χ1) is 7.61. The van der Waals surface area contributed by atoms with E-state index in [9.17, 15) is 15.0 Å². The highest BCUT2D eigenvalue weighted by atomic mass is 16.6. The monoisotopic (exact) mass is 248 g/mol. The largest absolute Gasteiger partial charge is 0.478 e. The minimum Gasteiger partial charge on any atom is -0.478 e. The molecule has 0 amide bonds. The van der Waals surface area contributed by atoms with Crippen molar-refractivity contribution >= 4 is 5.97 Å². The van der Waals surface area contributed by atoms with E-state index in [1.165, 1.54) is 7.11 Å². The van der Waals surface area contributed by atoms with Crippen molar-refractivity contribution in [2.24, 2.45) is 11.3 Å². The van der Waals surface area contributed by atoms with Gasteiger partial charge < -0.3 is 20.1 Å². The van der Waals surface area contributed by atoms with E-state index in [-0.39, 0.29) is 5.92 Å². The van der Waals surface area contributed by atoms with Crippen LogP contribution in [-0.2, 0) is 9.53 Å². The van der Waals surface area contributed by atoms with E-state index in [4.69, 9.17) is 9.84 Å². The standard InChI is InChI=1S/C9H20O3.C3H4O2/c1-6(2)7(10)9(3,4)8(11)12-5;1-2-3(4)5/h6-8,10-11H,1-5H3;2H,1H2,(H,4,5). The van der Waals surface area contributed by atoms with E-state index >= 15 is 0 Å². The molecule has 0 rings (SSSR count). The van der Waals surface area contributed by atoms with Crippen molar-refractivity contribution in [3.8, 4) is 0 Å². The zero-order valence-corrected chi connectivity index (χ0v) is 11.2. The number of aliphatic hydroxyl groups excluding tert-OH is 2. The third-order valence-corrected chi connectivity index (χ3v) is 2.43. The number of aliphatic hydroxyl groups is 2. The SMILES string of the molecule is C=CC(=O)O.COC(O)C(C)(C)C(O)C(C)C. The van der Waals surface area contributed by atoms with Gasteiger partial charge in [0.1, 0.15) is 0 Å². The molecule has 0 aliphatic heterocycles. The summed E-state index contributed by atoms with van der Waals surface area (Å²) in [7, 11) is 1.43. The second-order valence-corrected chi connectivity index (χ2v) is 4.64. The Bertz CT molecular complexity index is 235. The Morgan fingerprint density at radius 3 is 1.88 bits per heavy atom. The molecule has 5 nitrogen and oxygen atoms in total. The maximum absolute atomic E-state index is 9.72. The van der Waals surface area contributed by atoms with E-state index in [1.54, 1.807) is 13.8 Å². The fourth-order valence-electron chi connectivity index (χ4n) is 1.31. The summed E-state index contributed by atoms with van der Waals surface area (Å²) in [6.07, 6.45) is -0.651. The van der Waals surface area contributed by atoms with Crippen LogP contribution in [0.3, 0.4) is 0 Å². The van der Waals surface area contributed by atoms with Gasteiger partial charge in [-0.25, -0.2) is 4.79 Å². The van der Waals surface area contributed by atoms with Crippen molar-refractivity contribution in [1.82, 2.24) is 0 Å². The molecule has 0 aromatic heterocycles. The number of ether oxygens (including phenoxy) is 1. The molecule has 0 bridgehead atoms. The lowest BCUT2D eigenvalue weighted by atomic mass is 9.80. The van der Waals surface area contributed by atoms with Gasteiger partial charge in [-0.05, 0) is 5.92 Å². The molecule has 0 aromatic rings. The number of rotatable bonds is 5. The van der Waals surface area contributed by atoms with Crippen molar-refractivity contribution in [3.05, 3.63) is 12.7 Å². The molecular weight excluding hydrogens is 224 g/mol. The van der Waals surface area contributed by atoms with Crippen LogP contribution in [0.1, 0.15) is 27.7 Å². The first kappa shape index (κ1) is 18.5. The molecular formula is C12H24O5. The van der Waals surface area contributed by atoms with Crippen molar-refractivity contribution in [2.45, 2.75) is 40.1 Å². The number of carboxylic acids is 1. The number of carboxylic acid groups (broad SMARTS) is 1. The molecule has 0 saturated carbocycles. The van der Waals surface area contributed by atoms with Crippen molar-refractivity contribution in [3.63, 3.8) is 0 Å². The maximum atomic E-state index is 9.72. The molecule has 0 aromatic carbocycles. The molecule has 0 aliphatic rings. The lowest BCUT2D eigenvalue weighted by molar-refractivity contribution is -0.187. The second-order valence-electron chi connectivity index (χ2n) is 4.64. The van der Waals surface area contributed by atoms with Crippen LogP contribution in [0.15, 0.2) is 12.7 Å². The molecule has 0 saturated heterocycles. The minimum absolute atomic E-state index is 0.116. The minimum atomic E-state index is -0.981. The highest BCUT2D eigenvalue weighted by Gasteiger charge is 2.37. The molecule has 17 heavy (non-hydrogen) atoms. The smallest absolute Gasteiger partial charge is 0.327 e. The fourth-order valence-corrected chi connectivity index (χ4v) is 1.31. The van der Waals surface area contributed by atoms with E-state index in [1.807, 2.05) is 13.8 Å². The lowest BCUT2D eigenvalue weighted by Crippen LogP contribution is -2.44. The van der Waals surface area contributed by atoms with Crippen molar-refractivity contribution in [2.75, 3.05) is 7.11 Å². The predicted octanol–water partition coefficient (Wildman–Crippen LogP) is 1.25. The summed E-state index contributed by atoms with van der Waals surface area (Å²) < 4.78 is 4.78. The number of hydrogen-bond acceptors (Lipinski definition) is 4. The first-order valence-electron chi connectivity index (χ1n) is 5.35. The summed E-state index contributed by atoms with van der Waals surface area (Å²) in [5.74, 6) is -0.866. The molecule has 0 spiro atoms. The van der Waals surface area contributed by atoms with Crippen LogP contribution in [0.2, 0.25) is 0 Å². The lowest BCUT2D eigenvalue weighted by Gasteiger charge is -2.36. The van der Waals surface area contributed by atoms with Gasteiger partial charge in [0.05, 0.1) is 6.10 Å². The molecule has 3 N–H and O–H groups in total. The molecule has 2 atom stereocenters. The third kappa shape index (κ3) is 7.10. The van der Waals surface area contributed by atoms with E-state index in [0.717, 1.165) is 6.08 Å². The summed E-state index contributed by atoms with van der Waals surface area (Å²) in [5, 5.41) is 26.7. The van der Waals surface area contributed by atoms with E-state index < -0.39 is 23.8 Å². The Hall–Kier alpha value is -0.910. The molecule has 5 heteroatoms. The van der Waals surface area contributed by atoms with Crippen molar-refractivity contribution < 1.29 is 24.9 Å². The predicted molar refractivity (Wildman–Crippen MR) is 65.5 cm³/mol. The zero-order valence-electron chi connectivity index (χ0n) is 11.2. The first-order valence-corrected chi connectivity index (χ1v) is 5.35. The van der Waals surface area contributed by atoms with Gasteiger partial charge in [-0.2, -0.15) is 0 Å². The number of methoxy groups -OCH3 is 1. The van der Waals surface area contributed by atoms with Crippen LogP contribution in [0.25, 0.3) is 0 Å². The Morgan fingerprint density at radius 1 is 1.35 bits per heavy atom. The summed E-state index contributed by atoms with van der Waals surface area (Å²) >= 11 is 0. The molecule has 0 radical (unpaired) electrons. The third-order valence-electron chi connectivity index (χ3n) is 2.43. The average molecular weight is 248 g/mol. The highest BCUT2D eigenvalue weighted by molar-refractivity contribution is 5.78. The highest BCUT2D eigenvalue weighted by Crippen LogP contribution is 2.30. The molecule has 2 unspecified atom stereocenters. The van der Waals surface area contributed by atoms with Gasteiger partial charge in [-0.3, -0.25) is 0 Å². The number of aliphatic carboxylic acids is 1. The van der Waals surface area contributed by atoms with Crippen LogP contribution in [0.5, 0.6) is 0 Å². The van der Waals surface area contributed by atoms with Gasteiger partial charge in [0.2, 0.25) is 0 Å². The van der Waals surface area contributed by atoms with Gasteiger partial charge in [-0.15, -0.1) is 0 Å². The fraction of sp³-hybridized carbons (Fsp3) is 0.750. The maximum Gasteiger partial charge on any atom is 0.327 e. The van der Waals surface area contributed by atoms with Crippen molar-refractivity contribution in [1.29, 1.82) is 0 Å². The van der Waals surface area contributed by atoms with Crippen LogP contribution in [0.4, 0.5) is 0 Å². The van der Waals surface area contributed by atoms with Gasteiger partial charge >= 0.3 is 5.97 Å². The summed E-state index contributed by atoms with van der Waals surface area (Å²) in [5.41, 5.74) is -0.622. The van der Waals surface area contributed by atoms with Crippen LogP contribution < -0.4 is 0 Å². The molecule has 102 valence electrons. The van der Waals surface area contributed by atoms with Gasteiger partial charge in [0.15, 0.2) is 6.29 Å². The average Bonchev–Trinajstić information content (AvgIpc) is 2.27. The number of carbonyl (C=O) groups is 1. The van der Waals surface area contributed by atoms with Gasteiger partial charge in [0.25, 0.3) is 0 Å². The zero-order chi connectivity index (χ0) is 14.2. The summed E-state index contributed by atoms with van der Waals surface area (Å²) in [6.45, 7) is 10.4. The van der Waals surface area contributed by atoms with E-state index in [0.29, 0.717) is 0 Å². The normalized spacial score (nSPS) is 14.6. The molecule has 0 heterocycles. The van der Waals surface area contributed by atoms with Gasteiger partial charge in [-0.1, -0.05) is 34.3 Å². The Labute approximate surface area is 103 Å². The summed E-state index contributed by atoms with van der Waals surface area (Å²) in [4.78, 5) is 9.25. The Morgan fingerprint density at radius 2 is 1.71 bits per heavy atom. The Kier molecular flexibility index (Phi) is 8.92.